The van der Waals surface area contributed by atoms with Crippen LogP contribution in [0.4, 0.5) is 5.69 Å². The van der Waals surface area contributed by atoms with Gasteiger partial charge in [0.15, 0.2) is 0 Å². The van der Waals surface area contributed by atoms with Gasteiger partial charge in [-0.25, -0.2) is 0 Å². The number of carbonyl (C=O) groups excluding carboxylic acids is 2. The quantitative estimate of drug-likeness (QED) is 0.547. The van der Waals surface area contributed by atoms with Crippen LogP contribution in [0.5, 0.6) is 0 Å². The second-order valence-electron chi connectivity index (χ2n) is 6.60. The van der Waals surface area contributed by atoms with Gasteiger partial charge in [0.2, 0.25) is 6.10 Å². The Labute approximate surface area is 157 Å². The van der Waals surface area contributed by atoms with Gasteiger partial charge in [-0.05, 0) is 40.8 Å². The lowest BCUT2D eigenvalue weighted by molar-refractivity contribution is -0.152. The summed E-state index contributed by atoms with van der Waals surface area (Å²) in [5, 5.41) is 2.89. The van der Waals surface area contributed by atoms with Crippen molar-refractivity contribution in [3.63, 3.8) is 0 Å². The van der Waals surface area contributed by atoms with Crippen molar-refractivity contribution < 1.29 is 14.3 Å². The smallest absolute Gasteiger partial charge is 0.303 e. The Balaban J connectivity index is 1.57. The first-order chi connectivity index (χ1) is 13.1. The Morgan fingerprint density at radius 3 is 2.37 bits per heavy atom. The molecule has 4 rings (SSSR count). The number of nitrogens with one attached hydrogen (secondary N) is 1. The van der Waals surface area contributed by atoms with Crippen molar-refractivity contribution in [2.24, 2.45) is 0 Å². The number of esters is 1. The summed E-state index contributed by atoms with van der Waals surface area (Å²) in [5.74, 6) is -0.865. The van der Waals surface area contributed by atoms with Crippen molar-refractivity contribution in [1.29, 1.82) is 0 Å². The van der Waals surface area contributed by atoms with Crippen molar-refractivity contribution in [3.05, 3.63) is 89.5 Å². The van der Waals surface area contributed by atoms with Gasteiger partial charge in [-0.15, -0.1) is 0 Å². The molecule has 3 aromatic carbocycles. The number of ether oxygens (including phenoxy) is 1. The predicted octanol–water partition coefficient (Wildman–Crippen LogP) is 4.50. The van der Waals surface area contributed by atoms with Crippen molar-refractivity contribution in [3.8, 4) is 11.1 Å². The molecule has 1 aliphatic carbocycles. The van der Waals surface area contributed by atoms with E-state index in [1.165, 1.54) is 29.2 Å². The standard InChI is InChI=1S/C23H19NO3/c1-15(25)27-22(16-7-3-2-4-8-16)23(26)24-19-11-12-21-18(14-19)13-17-9-5-6-10-20(17)21/h2-12,14,22H,13H2,1H3,(H,24,26). The average molecular weight is 357 g/mol. The van der Waals surface area contributed by atoms with E-state index in [0.717, 1.165) is 6.42 Å². The van der Waals surface area contributed by atoms with Crippen molar-refractivity contribution in [2.45, 2.75) is 19.4 Å². The highest BCUT2D eigenvalue weighted by molar-refractivity contribution is 5.96. The van der Waals surface area contributed by atoms with Crippen LogP contribution in [0.1, 0.15) is 29.7 Å². The molecule has 0 aliphatic heterocycles. The summed E-state index contributed by atoms with van der Waals surface area (Å²) in [5.41, 5.74) is 6.24. The highest BCUT2D eigenvalue weighted by Crippen LogP contribution is 2.37. The van der Waals surface area contributed by atoms with Crippen LogP contribution < -0.4 is 5.32 Å². The van der Waals surface area contributed by atoms with E-state index < -0.39 is 12.1 Å². The third-order valence-corrected chi connectivity index (χ3v) is 4.69. The third-order valence-electron chi connectivity index (χ3n) is 4.69. The first-order valence-electron chi connectivity index (χ1n) is 8.86. The van der Waals surface area contributed by atoms with Gasteiger partial charge in [0.1, 0.15) is 0 Å². The minimum Gasteiger partial charge on any atom is -0.447 e. The Kier molecular flexibility index (Phi) is 4.47. The molecule has 1 unspecified atom stereocenters. The molecule has 27 heavy (non-hydrogen) atoms. The normalized spacial score (nSPS) is 12.6. The summed E-state index contributed by atoms with van der Waals surface area (Å²) in [4.78, 5) is 24.2. The number of fused-ring (bicyclic) bond motifs is 3. The summed E-state index contributed by atoms with van der Waals surface area (Å²) in [6.07, 6.45) is -0.129. The molecule has 0 saturated carbocycles. The molecule has 0 aromatic heterocycles. The van der Waals surface area contributed by atoms with E-state index in [2.05, 4.69) is 17.4 Å². The lowest BCUT2D eigenvalue weighted by Gasteiger charge is -2.17. The van der Waals surface area contributed by atoms with Crippen LogP contribution in [-0.4, -0.2) is 11.9 Å². The number of carbonyl (C=O) groups is 2. The van der Waals surface area contributed by atoms with Crippen LogP contribution in [0.15, 0.2) is 72.8 Å². The molecule has 1 aliphatic rings. The molecule has 0 bridgehead atoms. The summed E-state index contributed by atoms with van der Waals surface area (Å²) in [6.45, 7) is 1.30. The van der Waals surface area contributed by atoms with Crippen LogP contribution in [0, 0.1) is 0 Å². The number of amides is 1. The van der Waals surface area contributed by atoms with E-state index in [4.69, 9.17) is 4.74 Å². The van der Waals surface area contributed by atoms with E-state index in [0.29, 0.717) is 11.3 Å². The Hall–Kier alpha value is -3.40. The van der Waals surface area contributed by atoms with Crippen molar-refractivity contribution in [1.82, 2.24) is 0 Å². The molecule has 0 spiro atoms. The van der Waals surface area contributed by atoms with Crippen LogP contribution in [0.25, 0.3) is 11.1 Å². The number of rotatable bonds is 4. The first-order valence-corrected chi connectivity index (χ1v) is 8.86. The van der Waals surface area contributed by atoms with Gasteiger partial charge in [0, 0.05) is 18.2 Å². The molecule has 0 radical (unpaired) electrons. The number of benzene rings is 3. The van der Waals surface area contributed by atoms with Gasteiger partial charge >= 0.3 is 5.97 Å². The van der Waals surface area contributed by atoms with E-state index in [1.807, 2.05) is 48.5 Å². The average Bonchev–Trinajstić information content (AvgIpc) is 3.04. The maximum atomic E-state index is 12.8. The Morgan fingerprint density at radius 1 is 0.889 bits per heavy atom. The fraction of sp³-hybridized carbons (Fsp3) is 0.130. The van der Waals surface area contributed by atoms with Crippen LogP contribution in [-0.2, 0) is 20.7 Å². The lowest BCUT2D eigenvalue weighted by Crippen LogP contribution is -2.25. The van der Waals surface area contributed by atoms with Gasteiger partial charge in [-0.1, -0.05) is 60.7 Å². The molecule has 134 valence electrons. The topological polar surface area (TPSA) is 55.4 Å². The van der Waals surface area contributed by atoms with Gasteiger partial charge in [0.25, 0.3) is 5.91 Å². The summed E-state index contributed by atoms with van der Waals surface area (Å²) >= 11 is 0. The van der Waals surface area contributed by atoms with Crippen molar-refractivity contribution >= 4 is 17.6 Å². The Bertz CT molecular complexity index is 1010. The fourth-order valence-electron chi connectivity index (χ4n) is 3.50. The molecule has 0 fully saturated rings. The number of anilines is 1. The Morgan fingerprint density at radius 2 is 1.59 bits per heavy atom. The zero-order valence-corrected chi connectivity index (χ0v) is 14.9. The monoisotopic (exact) mass is 357 g/mol. The molecular formula is C23H19NO3. The molecule has 1 atom stereocenters. The summed E-state index contributed by atoms with van der Waals surface area (Å²) in [7, 11) is 0. The molecular weight excluding hydrogens is 338 g/mol. The SMILES string of the molecule is CC(=O)OC(C(=O)Nc1ccc2c(c1)Cc1ccccc1-2)c1ccccc1. The maximum absolute atomic E-state index is 12.8. The predicted molar refractivity (Wildman–Crippen MR) is 104 cm³/mol. The van der Waals surface area contributed by atoms with E-state index in [1.54, 1.807) is 12.1 Å². The maximum Gasteiger partial charge on any atom is 0.303 e. The first kappa shape index (κ1) is 17.0. The molecule has 4 heteroatoms. The van der Waals surface area contributed by atoms with Crippen LogP contribution >= 0.6 is 0 Å². The minimum absolute atomic E-state index is 0.369. The summed E-state index contributed by atoms with van der Waals surface area (Å²) < 4.78 is 5.26. The highest BCUT2D eigenvalue weighted by atomic mass is 16.5. The second-order valence-corrected chi connectivity index (χ2v) is 6.60. The zero-order valence-electron chi connectivity index (χ0n) is 14.9. The van der Waals surface area contributed by atoms with Crippen LogP contribution in [0.3, 0.4) is 0 Å². The van der Waals surface area contributed by atoms with Crippen LogP contribution in [0.2, 0.25) is 0 Å². The number of hydrogen-bond donors (Lipinski definition) is 1. The molecule has 4 nitrogen and oxygen atoms in total. The third kappa shape index (κ3) is 3.47. The van der Waals surface area contributed by atoms with E-state index in [9.17, 15) is 9.59 Å². The summed E-state index contributed by atoms with van der Waals surface area (Å²) in [6, 6.07) is 23.2. The molecule has 1 N–H and O–H groups in total. The molecule has 0 saturated heterocycles. The largest absolute Gasteiger partial charge is 0.447 e. The van der Waals surface area contributed by atoms with Gasteiger partial charge in [-0.2, -0.15) is 0 Å². The minimum atomic E-state index is -0.978. The lowest BCUT2D eigenvalue weighted by atomic mass is 10.1. The molecule has 0 heterocycles. The van der Waals surface area contributed by atoms with E-state index >= 15 is 0 Å². The van der Waals surface area contributed by atoms with Gasteiger partial charge in [-0.3, -0.25) is 9.59 Å². The molecule has 3 aromatic rings. The highest BCUT2D eigenvalue weighted by Gasteiger charge is 2.24. The number of hydrogen-bond acceptors (Lipinski definition) is 3. The van der Waals surface area contributed by atoms with Gasteiger partial charge in [0.05, 0.1) is 0 Å². The van der Waals surface area contributed by atoms with Gasteiger partial charge < -0.3 is 10.1 Å². The zero-order chi connectivity index (χ0) is 18.8. The fourth-order valence-corrected chi connectivity index (χ4v) is 3.50. The molecule has 1 amide bonds. The second kappa shape index (κ2) is 7.08. The van der Waals surface area contributed by atoms with E-state index in [-0.39, 0.29) is 5.91 Å². The van der Waals surface area contributed by atoms with Crippen molar-refractivity contribution in [2.75, 3.05) is 5.32 Å².